The summed E-state index contributed by atoms with van der Waals surface area (Å²) in [5.74, 6) is 0.664. The highest BCUT2D eigenvalue weighted by Gasteiger charge is 2.21. The van der Waals surface area contributed by atoms with Crippen molar-refractivity contribution >= 4 is 17.3 Å². The van der Waals surface area contributed by atoms with Gasteiger partial charge in [0.25, 0.3) is 0 Å². The summed E-state index contributed by atoms with van der Waals surface area (Å²) >= 11 is 5.57. The maximum absolute atomic E-state index is 10.8. The Balaban J connectivity index is 2.67. The van der Waals surface area contributed by atoms with E-state index in [0.29, 0.717) is 17.3 Å². The molecule has 6 heteroatoms. The van der Waals surface area contributed by atoms with Gasteiger partial charge in [-0.25, -0.2) is 0 Å². The van der Waals surface area contributed by atoms with Crippen molar-refractivity contribution in [1.82, 2.24) is 9.78 Å². The van der Waals surface area contributed by atoms with Crippen LogP contribution in [-0.4, -0.2) is 20.6 Å². The average Bonchev–Trinajstić information content (AvgIpc) is 2.49. The molecule has 90 valence electrons. The van der Waals surface area contributed by atoms with E-state index in [-0.39, 0.29) is 10.6 Å². The van der Waals surface area contributed by atoms with Gasteiger partial charge in [-0.05, 0) is 26.7 Å². The smallest absolute Gasteiger partial charge is 0.262 e. The van der Waals surface area contributed by atoms with E-state index in [1.165, 1.54) is 0 Å². The number of nitrogens with zero attached hydrogens (tertiary/aromatic N) is 3. The van der Waals surface area contributed by atoms with Crippen molar-refractivity contribution in [3.63, 3.8) is 0 Å². The molecule has 0 aliphatic heterocycles. The van der Waals surface area contributed by atoms with Crippen LogP contribution < -0.4 is 0 Å². The van der Waals surface area contributed by atoms with Crippen molar-refractivity contribution in [2.75, 3.05) is 5.88 Å². The molecule has 0 spiro atoms. The van der Waals surface area contributed by atoms with Crippen molar-refractivity contribution in [3.8, 4) is 0 Å². The summed E-state index contributed by atoms with van der Waals surface area (Å²) in [6, 6.07) is 0. The fraction of sp³-hybridized carbons (Fsp3) is 0.700. The van der Waals surface area contributed by atoms with Crippen LogP contribution in [0, 0.1) is 24.0 Å². The van der Waals surface area contributed by atoms with E-state index < -0.39 is 0 Å². The Morgan fingerprint density at radius 1 is 1.38 bits per heavy atom. The molecular weight excluding hydrogens is 230 g/mol. The van der Waals surface area contributed by atoms with E-state index in [4.69, 9.17) is 11.6 Å². The summed E-state index contributed by atoms with van der Waals surface area (Å²) in [6.07, 6.45) is 2.95. The fourth-order valence-electron chi connectivity index (χ4n) is 1.70. The summed E-state index contributed by atoms with van der Waals surface area (Å²) in [4.78, 5) is 10.4. The first-order chi connectivity index (χ1) is 7.57. The zero-order chi connectivity index (χ0) is 12.1. The van der Waals surface area contributed by atoms with Crippen LogP contribution in [0.25, 0.3) is 0 Å². The van der Waals surface area contributed by atoms with Crippen LogP contribution in [0.1, 0.15) is 30.7 Å². The summed E-state index contributed by atoms with van der Waals surface area (Å²) in [6.45, 7) is 4.12. The van der Waals surface area contributed by atoms with Gasteiger partial charge in [0.1, 0.15) is 11.4 Å². The number of unbranched alkanes of at least 4 members (excludes halogenated alkanes) is 2. The fourth-order valence-corrected chi connectivity index (χ4v) is 1.89. The Morgan fingerprint density at radius 2 is 2.06 bits per heavy atom. The van der Waals surface area contributed by atoms with Crippen LogP contribution in [0.3, 0.4) is 0 Å². The number of aryl methyl sites for hydroxylation is 2. The van der Waals surface area contributed by atoms with Gasteiger partial charge in [-0.3, -0.25) is 14.8 Å². The lowest BCUT2D eigenvalue weighted by Gasteiger charge is -2.02. The molecule has 0 fully saturated rings. The Labute approximate surface area is 99.5 Å². The summed E-state index contributed by atoms with van der Waals surface area (Å²) in [5, 5.41) is 14.9. The molecule has 0 amide bonds. The first kappa shape index (κ1) is 13.0. The molecule has 0 aliphatic carbocycles. The van der Waals surface area contributed by atoms with Gasteiger partial charge in [-0.15, -0.1) is 11.6 Å². The average molecular weight is 246 g/mol. The quantitative estimate of drug-likeness (QED) is 0.335. The third-order valence-electron chi connectivity index (χ3n) is 2.53. The molecule has 1 heterocycles. The number of hydrogen-bond donors (Lipinski definition) is 0. The number of halogens is 1. The molecule has 0 saturated heterocycles. The Bertz CT molecular complexity index is 376. The van der Waals surface area contributed by atoms with Crippen LogP contribution in [-0.2, 0) is 6.54 Å². The minimum Gasteiger partial charge on any atom is -0.262 e. The highest BCUT2D eigenvalue weighted by Crippen LogP contribution is 2.22. The van der Waals surface area contributed by atoms with Crippen molar-refractivity contribution in [2.24, 2.45) is 0 Å². The van der Waals surface area contributed by atoms with Gasteiger partial charge >= 0.3 is 5.69 Å². The third kappa shape index (κ3) is 2.95. The second-order valence-electron chi connectivity index (χ2n) is 3.75. The first-order valence-corrected chi connectivity index (χ1v) is 5.85. The first-order valence-electron chi connectivity index (χ1n) is 5.32. The standard InChI is InChI=1S/C10H16ClN3O2/c1-8-10(14(15)16)9(2)13(12-8)7-5-3-4-6-11/h3-7H2,1-2H3. The lowest BCUT2D eigenvalue weighted by atomic mass is 10.2. The molecule has 5 nitrogen and oxygen atoms in total. The van der Waals surface area contributed by atoms with Gasteiger partial charge in [0.05, 0.1) is 4.92 Å². The monoisotopic (exact) mass is 245 g/mol. The predicted molar refractivity (Wildman–Crippen MR) is 62.9 cm³/mol. The largest absolute Gasteiger partial charge is 0.312 e. The van der Waals surface area contributed by atoms with Crippen LogP contribution in [0.2, 0.25) is 0 Å². The lowest BCUT2D eigenvalue weighted by Crippen LogP contribution is -2.03. The van der Waals surface area contributed by atoms with E-state index in [2.05, 4.69) is 5.10 Å². The molecule has 1 aromatic rings. The Kier molecular flexibility index (Phi) is 4.73. The molecule has 1 aromatic heterocycles. The minimum absolute atomic E-state index is 0.136. The normalized spacial score (nSPS) is 10.7. The predicted octanol–water partition coefficient (Wildman–Crippen LogP) is 2.82. The molecule has 1 rings (SSSR count). The second kappa shape index (κ2) is 5.84. The molecule has 0 saturated carbocycles. The molecule has 0 aliphatic rings. The summed E-state index contributed by atoms with van der Waals surface area (Å²) < 4.78 is 1.71. The van der Waals surface area contributed by atoms with Gasteiger partial charge < -0.3 is 0 Å². The van der Waals surface area contributed by atoms with E-state index in [1.807, 2.05) is 0 Å². The van der Waals surface area contributed by atoms with Crippen molar-refractivity contribution in [1.29, 1.82) is 0 Å². The van der Waals surface area contributed by atoms with Crippen LogP contribution in [0.4, 0.5) is 5.69 Å². The highest BCUT2D eigenvalue weighted by molar-refractivity contribution is 6.17. The molecular formula is C10H16ClN3O2. The maximum atomic E-state index is 10.8. The van der Waals surface area contributed by atoms with Crippen molar-refractivity contribution < 1.29 is 4.92 Å². The zero-order valence-electron chi connectivity index (χ0n) is 9.57. The number of alkyl halides is 1. The van der Waals surface area contributed by atoms with E-state index in [9.17, 15) is 10.1 Å². The van der Waals surface area contributed by atoms with Gasteiger partial charge in [0.2, 0.25) is 0 Å². The summed E-state index contributed by atoms with van der Waals surface area (Å²) in [7, 11) is 0. The molecule has 16 heavy (non-hydrogen) atoms. The third-order valence-corrected chi connectivity index (χ3v) is 2.80. The summed E-state index contributed by atoms with van der Waals surface area (Å²) in [5.41, 5.74) is 1.26. The van der Waals surface area contributed by atoms with E-state index >= 15 is 0 Å². The maximum Gasteiger partial charge on any atom is 0.312 e. The highest BCUT2D eigenvalue weighted by atomic mass is 35.5. The zero-order valence-corrected chi connectivity index (χ0v) is 10.3. The van der Waals surface area contributed by atoms with Gasteiger partial charge in [-0.1, -0.05) is 6.42 Å². The Hall–Kier alpha value is -1.10. The number of rotatable bonds is 6. The molecule has 0 N–H and O–H groups in total. The van der Waals surface area contributed by atoms with Crippen molar-refractivity contribution in [3.05, 3.63) is 21.5 Å². The van der Waals surface area contributed by atoms with Crippen LogP contribution >= 0.6 is 11.6 Å². The second-order valence-corrected chi connectivity index (χ2v) is 4.13. The van der Waals surface area contributed by atoms with Crippen LogP contribution in [0.15, 0.2) is 0 Å². The van der Waals surface area contributed by atoms with Crippen molar-refractivity contribution in [2.45, 2.75) is 39.7 Å². The lowest BCUT2D eigenvalue weighted by molar-refractivity contribution is -0.386. The SMILES string of the molecule is Cc1nn(CCCCCCl)c(C)c1[N+](=O)[O-]. The Morgan fingerprint density at radius 3 is 2.56 bits per heavy atom. The molecule has 0 aromatic carbocycles. The number of nitro groups is 1. The number of aromatic nitrogens is 2. The van der Waals surface area contributed by atoms with Gasteiger partial charge in [0.15, 0.2) is 0 Å². The molecule has 0 unspecified atom stereocenters. The molecule has 0 bridgehead atoms. The molecule has 0 atom stereocenters. The van der Waals surface area contributed by atoms with E-state index in [1.54, 1.807) is 18.5 Å². The topological polar surface area (TPSA) is 61.0 Å². The van der Waals surface area contributed by atoms with E-state index in [0.717, 1.165) is 25.8 Å². The molecule has 0 radical (unpaired) electrons. The van der Waals surface area contributed by atoms with Crippen LogP contribution in [0.5, 0.6) is 0 Å². The number of hydrogen-bond acceptors (Lipinski definition) is 3. The van der Waals surface area contributed by atoms with Gasteiger partial charge in [0, 0.05) is 12.4 Å². The van der Waals surface area contributed by atoms with Gasteiger partial charge in [-0.2, -0.15) is 5.10 Å². The minimum atomic E-state index is -0.368.